The van der Waals surface area contributed by atoms with Crippen LogP contribution < -0.4 is 9.47 Å². The van der Waals surface area contributed by atoms with Gasteiger partial charge in [-0.05, 0) is 43.4 Å². The Bertz CT molecular complexity index is 453. The lowest BCUT2D eigenvalue weighted by molar-refractivity contribution is -0.116. The zero-order valence-electron chi connectivity index (χ0n) is 10.7. The van der Waals surface area contributed by atoms with E-state index in [1.165, 1.54) is 12.8 Å². The minimum atomic E-state index is 0.0970. The zero-order chi connectivity index (χ0) is 13.1. The highest BCUT2D eigenvalue weighted by Crippen LogP contribution is 2.38. The SMILES string of the molecule is COc1cc(CC(C)=O)cc(Cl)c1OCC1CC1. The Morgan fingerprint density at radius 1 is 1.44 bits per heavy atom. The normalized spacial score (nSPS) is 14.4. The van der Waals surface area contributed by atoms with Crippen LogP contribution in [0.4, 0.5) is 0 Å². The Kier molecular flexibility index (Phi) is 4.12. The molecule has 0 radical (unpaired) electrons. The first kappa shape index (κ1) is 13.2. The smallest absolute Gasteiger partial charge is 0.179 e. The van der Waals surface area contributed by atoms with Gasteiger partial charge in [-0.25, -0.2) is 0 Å². The summed E-state index contributed by atoms with van der Waals surface area (Å²) in [4.78, 5) is 11.1. The zero-order valence-corrected chi connectivity index (χ0v) is 11.4. The van der Waals surface area contributed by atoms with Gasteiger partial charge in [0.15, 0.2) is 11.5 Å². The maximum Gasteiger partial charge on any atom is 0.179 e. The number of halogens is 1. The summed E-state index contributed by atoms with van der Waals surface area (Å²) in [7, 11) is 1.58. The van der Waals surface area contributed by atoms with Crippen LogP contribution in [-0.4, -0.2) is 19.5 Å². The third kappa shape index (κ3) is 3.39. The second-order valence-corrected chi connectivity index (χ2v) is 5.15. The molecule has 0 atom stereocenters. The van der Waals surface area contributed by atoms with Crippen LogP contribution in [0.3, 0.4) is 0 Å². The lowest BCUT2D eigenvalue weighted by atomic mass is 10.1. The van der Waals surface area contributed by atoms with Crippen LogP contribution in [-0.2, 0) is 11.2 Å². The highest BCUT2D eigenvalue weighted by molar-refractivity contribution is 6.32. The van der Waals surface area contributed by atoms with Gasteiger partial charge in [0.25, 0.3) is 0 Å². The third-order valence-corrected chi connectivity index (χ3v) is 3.18. The van der Waals surface area contributed by atoms with Gasteiger partial charge in [-0.15, -0.1) is 0 Å². The first-order valence-electron chi connectivity index (χ1n) is 6.08. The van der Waals surface area contributed by atoms with Crippen molar-refractivity contribution < 1.29 is 14.3 Å². The van der Waals surface area contributed by atoms with Crippen LogP contribution in [0.1, 0.15) is 25.3 Å². The Hall–Kier alpha value is -1.22. The molecule has 0 spiro atoms. The molecule has 1 fully saturated rings. The Morgan fingerprint density at radius 2 is 2.17 bits per heavy atom. The van der Waals surface area contributed by atoms with E-state index in [2.05, 4.69) is 0 Å². The Balaban J connectivity index is 2.18. The fraction of sp³-hybridized carbons (Fsp3) is 0.500. The van der Waals surface area contributed by atoms with E-state index in [0.29, 0.717) is 35.5 Å². The fourth-order valence-electron chi connectivity index (χ4n) is 1.79. The van der Waals surface area contributed by atoms with Gasteiger partial charge in [-0.2, -0.15) is 0 Å². The van der Waals surface area contributed by atoms with E-state index in [0.717, 1.165) is 5.56 Å². The number of rotatable bonds is 6. The van der Waals surface area contributed by atoms with Crippen molar-refractivity contribution >= 4 is 17.4 Å². The Morgan fingerprint density at radius 3 is 2.72 bits per heavy atom. The first-order chi connectivity index (χ1) is 8.60. The number of benzene rings is 1. The summed E-state index contributed by atoms with van der Waals surface area (Å²) in [6.45, 7) is 2.24. The minimum Gasteiger partial charge on any atom is -0.493 e. The lowest BCUT2D eigenvalue weighted by Crippen LogP contribution is -2.03. The molecule has 1 aromatic carbocycles. The molecule has 1 aliphatic carbocycles. The molecule has 0 unspecified atom stereocenters. The maximum absolute atomic E-state index is 11.1. The number of ketones is 1. The Labute approximate surface area is 112 Å². The summed E-state index contributed by atoms with van der Waals surface area (Å²) in [5.74, 6) is 1.93. The monoisotopic (exact) mass is 268 g/mol. The average molecular weight is 269 g/mol. The van der Waals surface area contributed by atoms with Gasteiger partial charge in [0, 0.05) is 6.42 Å². The summed E-state index contributed by atoms with van der Waals surface area (Å²) in [6, 6.07) is 3.59. The van der Waals surface area contributed by atoms with E-state index >= 15 is 0 Å². The predicted octanol–water partition coefficient (Wildman–Crippen LogP) is 3.27. The molecule has 98 valence electrons. The van der Waals surface area contributed by atoms with E-state index in [-0.39, 0.29) is 5.78 Å². The van der Waals surface area contributed by atoms with E-state index in [4.69, 9.17) is 21.1 Å². The van der Waals surface area contributed by atoms with Crippen molar-refractivity contribution in [2.45, 2.75) is 26.2 Å². The number of methoxy groups -OCH3 is 1. The molecule has 1 aliphatic rings. The molecule has 2 rings (SSSR count). The van der Waals surface area contributed by atoms with Gasteiger partial charge >= 0.3 is 0 Å². The van der Waals surface area contributed by atoms with E-state index in [9.17, 15) is 4.79 Å². The first-order valence-corrected chi connectivity index (χ1v) is 6.46. The molecule has 0 saturated heterocycles. The molecular formula is C14H17ClO3. The van der Waals surface area contributed by atoms with Crippen molar-refractivity contribution in [1.29, 1.82) is 0 Å². The molecule has 4 heteroatoms. The van der Waals surface area contributed by atoms with Gasteiger partial charge in [-0.3, -0.25) is 4.79 Å². The molecule has 0 aliphatic heterocycles. The van der Waals surface area contributed by atoms with Crippen LogP contribution in [0.15, 0.2) is 12.1 Å². The number of Topliss-reactive ketones (excluding diaryl/α,β-unsaturated/α-hetero) is 1. The molecule has 1 saturated carbocycles. The van der Waals surface area contributed by atoms with Crippen molar-refractivity contribution in [2.24, 2.45) is 5.92 Å². The van der Waals surface area contributed by atoms with Crippen LogP contribution in [0.25, 0.3) is 0 Å². The molecule has 0 amide bonds. The van der Waals surface area contributed by atoms with Crippen LogP contribution in [0.2, 0.25) is 5.02 Å². The summed E-state index contributed by atoms with van der Waals surface area (Å²) in [5, 5.41) is 0.506. The van der Waals surface area contributed by atoms with Crippen molar-refractivity contribution in [3.05, 3.63) is 22.7 Å². The standard InChI is InChI=1S/C14H17ClO3/c1-9(16)5-11-6-12(15)14(13(7-11)17-2)18-8-10-3-4-10/h6-7,10H,3-5,8H2,1-2H3. The molecule has 0 N–H and O–H groups in total. The van der Waals surface area contributed by atoms with Gasteiger partial charge in [0.1, 0.15) is 5.78 Å². The topological polar surface area (TPSA) is 35.5 Å². The average Bonchev–Trinajstić information content (AvgIpc) is 3.10. The minimum absolute atomic E-state index is 0.0970. The number of ether oxygens (including phenoxy) is 2. The number of hydrogen-bond donors (Lipinski definition) is 0. The van der Waals surface area contributed by atoms with Gasteiger partial charge < -0.3 is 9.47 Å². The predicted molar refractivity (Wildman–Crippen MR) is 70.6 cm³/mol. The lowest BCUT2D eigenvalue weighted by Gasteiger charge is -2.13. The maximum atomic E-state index is 11.1. The van der Waals surface area contributed by atoms with E-state index in [1.807, 2.05) is 6.07 Å². The number of hydrogen-bond acceptors (Lipinski definition) is 3. The third-order valence-electron chi connectivity index (χ3n) is 2.90. The highest BCUT2D eigenvalue weighted by atomic mass is 35.5. The quantitative estimate of drug-likeness (QED) is 0.794. The van der Waals surface area contributed by atoms with Crippen molar-refractivity contribution in [3.8, 4) is 11.5 Å². The second-order valence-electron chi connectivity index (χ2n) is 4.74. The van der Waals surface area contributed by atoms with Crippen LogP contribution in [0, 0.1) is 5.92 Å². The molecular weight excluding hydrogens is 252 g/mol. The molecule has 18 heavy (non-hydrogen) atoms. The molecule has 1 aromatic rings. The van der Waals surface area contributed by atoms with Gasteiger partial charge in [0.2, 0.25) is 0 Å². The van der Waals surface area contributed by atoms with E-state index in [1.54, 1.807) is 20.1 Å². The molecule has 0 heterocycles. The van der Waals surface area contributed by atoms with E-state index < -0.39 is 0 Å². The summed E-state index contributed by atoms with van der Waals surface area (Å²) in [6.07, 6.45) is 2.81. The van der Waals surface area contributed by atoms with Gasteiger partial charge in [-0.1, -0.05) is 11.6 Å². The largest absolute Gasteiger partial charge is 0.493 e. The highest BCUT2D eigenvalue weighted by Gasteiger charge is 2.23. The van der Waals surface area contributed by atoms with Crippen molar-refractivity contribution in [2.75, 3.05) is 13.7 Å². The van der Waals surface area contributed by atoms with Crippen molar-refractivity contribution in [3.63, 3.8) is 0 Å². The number of carbonyl (C=O) groups excluding carboxylic acids is 1. The molecule has 3 nitrogen and oxygen atoms in total. The summed E-state index contributed by atoms with van der Waals surface area (Å²) < 4.78 is 11.0. The molecule has 0 aromatic heterocycles. The number of carbonyl (C=O) groups is 1. The summed E-state index contributed by atoms with van der Waals surface area (Å²) in [5.41, 5.74) is 0.850. The fourth-order valence-corrected chi connectivity index (χ4v) is 2.08. The second kappa shape index (κ2) is 5.61. The molecule has 0 bridgehead atoms. The van der Waals surface area contributed by atoms with Crippen LogP contribution >= 0.6 is 11.6 Å². The van der Waals surface area contributed by atoms with Gasteiger partial charge in [0.05, 0.1) is 18.7 Å². The summed E-state index contributed by atoms with van der Waals surface area (Å²) >= 11 is 6.18. The van der Waals surface area contributed by atoms with Crippen LogP contribution in [0.5, 0.6) is 11.5 Å². The van der Waals surface area contributed by atoms with Crippen molar-refractivity contribution in [1.82, 2.24) is 0 Å².